The summed E-state index contributed by atoms with van der Waals surface area (Å²) in [7, 11) is 1.48. The molecule has 0 aromatic heterocycles. The van der Waals surface area contributed by atoms with Crippen molar-refractivity contribution in [3.05, 3.63) is 55.6 Å². The number of ether oxygens (including phenoxy) is 2. The van der Waals surface area contributed by atoms with Gasteiger partial charge in [-0.25, -0.2) is 0 Å². The molecule has 0 unspecified atom stereocenters. The van der Waals surface area contributed by atoms with E-state index in [1.807, 2.05) is 40.8 Å². The van der Waals surface area contributed by atoms with Gasteiger partial charge >= 0.3 is 0 Å². The maximum Gasteiger partial charge on any atom is 0.266 e. The third-order valence-electron chi connectivity index (χ3n) is 3.29. The highest BCUT2D eigenvalue weighted by atomic mass is 127. The minimum atomic E-state index is -0.519. The molecule has 2 rings (SSSR count). The predicted octanol–water partition coefficient (Wildman–Crippen LogP) is 4.51. The van der Waals surface area contributed by atoms with Gasteiger partial charge in [0.25, 0.3) is 5.91 Å². The number of carbonyl (C=O) groups excluding carboxylic acids is 1. The highest BCUT2D eigenvalue weighted by Crippen LogP contribution is 2.34. The molecule has 2 aromatic rings. The molecule has 0 aliphatic rings. The van der Waals surface area contributed by atoms with E-state index in [0.29, 0.717) is 26.3 Å². The van der Waals surface area contributed by atoms with Crippen LogP contribution in [-0.2, 0) is 4.79 Å². The molecule has 27 heavy (non-hydrogen) atoms. The van der Waals surface area contributed by atoms with Crippen molar-refractivity contribution in [2.45, 2.75) is 0 Å². The van der Waals surface area contributed by atoms with Crippen LogP contribution >= 0.6 is 38.5 Å². The monoisotopic (exact) mass is 537 g/mol. The topological polar surface area (TPSA) is 95.1 Å². The molecule has 136 valence electrons. The molecule has 0 aliphatic heterocycles. The number of rotatable bonds is 6. The Hall–Kier alpha value is -2.56. The normalized spacial score (nSPS) is 10.5. The van der Waals surface area contributed by atoms with E-state index in [9.17, 15) is 10.1 Å². The van der Waals surface area contributed by atoms with Crippen LogP contribution in [0.4, 0.5) is 5.69 Å². The lowest BCUT2D eigenvalue weighted by atomic mass is 10.1. The van der Waals surface area contributed by atoms with Crippen LogP contribution in [0.2, 0.25) is 0 Å². The number of hydrogen-bond acceptors (Lipinski definition) is 5. The summed E-state index contributed by atoms with van der Waals surface area (Å²) >= 11 is 5.37. The van der Waals surface area contributed by atoms with Crippen molar-refractivity contribution < 1.29 is 14.3 Å². The number of hydrogen-bond donors (Lipinski definition) is 1. The average Bonchev–Trinajstić information content (AvgIpc) is 2.64. The van der Waals surface area contributed by atoms with E-state index in [1.54, 1.807) is 30.3 Å². The number of halogens is 2. The number of methoxy groups -OCH3 is 1. The van der Waals surface area contributed by atoms with E-state index in [2.05, 4.69) is 21.2 Å². The molecule has 0 heterocycles. The molecule has 2 aromatic carbocycles. The second kappa shape index (κ2) is 9.95. The summed E-state index contributed by atoms with van der Waals surface area (Å²) in [6.45, 7) is -0.111. The summed E-state index contributed by atoms with van der Waals surface area (Å²) in [4.78, 5) is 12.4. The zero-order chi connectivity index (χ0) is 19.8. The van der Waals surface area contributed by atoms with Gasteiger partial charge < -0.3 is 14.8 Å². The Bertz CT molecular complexity index is 977. The number of amides is 1. The minimum absolute atomic E-state index is 0.0569. The highest BCUT2D eigenvalue weighted by molar-refractivity contribution is 14.1. The molecule has 0 saturated carbocycles. The van der Waals surface area contributed by atoms with Crippen molar-refractivity contribution in [1.29, 1.82) is 10.5 Å². The van der Waals surface area contributed by atoms with Crippen molar-refractivity contribution >= 4 is 56.2 Å². The van der Waals surface area contributed by atoms with E-state index >= 15 is 0 Å². The van der Waals surface area contributed by atoms with Gasteiger partial charge in [-0.3, -0.25) is 4.79 Å². The van der Waals surface area contributed by atoms with E-state index in [4.69, 9.17) is 14.7 Å². The first kappa shape index (κ1) is 20.7. The summed E-state index contributed by atoms with van der Waals surface area (Å²) in [5, 5.41) is 20.7. The van der Waals surface area contributed by atoms with Gasteiger partial charge in [0.1, 0.15) is 17.7 Å². The zero-order valence-electron chi connectivity index (χ0n) is 14.1. The lowest BCUT2D eigenvalue weighted by molar-refractivity contribution is -0.112. The standard InChI is InChI=1S/C19H13BrIN3O3/c1-26-17-9-12(8-16(21)18(17)27-6-5-22)7-13(11-23)19(25)24-15-4-2-3-14(20)10-15/h2-4,7-10H,6H2,1H3,(H,24,25)/b13-7-. The highest BCUT2D eigenvalue weighted by Gasteiger charge is 2.14. The average molecular weight is 538 g/mol. The van der Waals surface area contributed by atoms with Crippen molar-refractivity contribution in [2.75, 3.05) is 19.0 Å². The molecule has 1 N–H and O–H groups in total. The fourth-order valence-electron chi connectivity index (χ4n) is 2.15. The van der Waals surface area contributed by atoms with Gasteiger partial charge in [0.2, 0.25) is 0 Å². The van der Waals surface area contributed by atoms with Gasteiger partial charge in [-0.1, -0.05) is 22.0 Å². The Morgan fingerprint density at radius 3 is 2.74 bits per heavy atom. The first-order chi connectivity index (χ1) is 13.0. The predicted molar refractivity (Wildman–Crippen MR) is 113 cm³/mol. The Labute approximate surface area is 178 Å². The summed E-state index contributed by atoms with van der Waals surface area (Å²) in [6.07, 6.45) is 1.46. The maximum absolute atomic E-state index is 12.4. The second-order valence-electron chi connectivity index (χ2n) is 5.12. The molecule has 6 nitrogen and oxygen atoms in total. The SMILES string of the molecule is COc1cc(/C=C(/C#N)C(=O)Nc2cccc(Br)c2)cc(I)c1OCC#N. The molecule has 0 bridgehead atoms. The molecular formula is C19H13BrIN3O3. The summed E-state index contributed by atoms with van der Waals surface area (Å²) in [5.74, 6) is 0.330. The Balaban J connectivity index is 2.31. The zero-order valence-corrected chi connectivity index (χ0v) is 17.9. The molecule has 0 aliphatic carbocycles. The van der Waals surface area contributed by atoms with Crippen LogP contribution in [0.1, 0.15) is 5.56 Å². The summed E-state index contributed by atoms with van der Waals surface area (Å²) in [5.41, 5.74) is 1.11. The quantitative estimate of drug-likeness (QED) is 0.332. The number of carbonyl (C=O) groups is 1. The number of benzene rings is 2. The van der Waals surface area contributed by atoms with Gasteiger partial charge in [-0.2, -0.15) is 10.5 Å². The molecule has 1 amide bonds. The first-order valence-electron chi connectivity index (χ1n) is 7.54. The van der Waals surface area contributed by atoms with Crippen molar-refractivity contribution in [3.8, 4) is 23.6 Å². The molecule has 0 radical (unpaired) electrons. The van der Waals surface area contributed by atoms with Crippen molar-refractivity contribution in [3.63, 3.8) is 0 Å². The maximum atomic E-state index is 12.4. The second-order valence-corrected chi connectivity index (χ2v) is 7.19. The third kappa shape index (κ3) is 5.71. The number of anilines is 1. The Kier molecular flexibility index (Phi) is 7.65. The lowest BCUT2D eigenvalue weighted by Gasteiger charge is -2.12. The number of nitrogens with one attached hydrogen (secondary N) is 1. The number of nitriles is 2. The van der Waals surface area contributed by atoms with Crippen LogP contribution in [-0.4, -0.2) is 19.6 Å². The third-order valence-corrected chi connectivity index (χ3v) is 4.59. The molecule has 0 saturated heterocycles. The lowest BCUT2D eigenvalue weighted by Crippen LogP contribution is -2.13. The summed E-state index contributed by atoms with van der Waals surface area (Å²) < 4.78 is 12.2. The molecule has 0 fully saturated rings. The van der Waals surface area contributed by atoms with Gasteiger partial charge in [0, 0.05) is 10.2 Å². The molecule has 0 atom stereocenters. The molecule has 0 spiro atoms. The van der Waals surface area contributed by atoms with Gasteiger partial charge in [-0.15, -0.1) is 0 Å². The first-order valence-corrected chi connectivity index (χ1v) is 9.41. The van der Waals surface area contributed by atoms with E-state index in [-0.39, 0.29) is 12.2 Å². The van der Waals surface area contributed by atoms with Crippen LogP contribution in [0.3, 0.4) is 0 Å². The van der Waals surface area contributed by atoms with Crippen LogP contribution in [0.25, 0.3) is 6.08 Å². The Morgan fingerprint density at radius 2 is 2.11 bits per heavy atom. The minimum Gasteiger partial charge on any atom is -0.493 e. The van der Waals surface area contributed by atoms with Gasteiger partial charge in [0.15, 0.2) is 18.1 Å². The van der Waals surface area contributed by atoms with Gasteiger partial charge in [-0.05, 0) is 64.6 Å². The number of nitrogens with zero attached hydrogens (tertiary/aromatic N) is 2. The molecule has 8 heteroatoms. The van der Waals surface area contributed by atoms with Crippen LogP contribution < -0.4 is 14.8 Å². The van der Waals surface area contributed by atoms with E-state index in [0.717, 1.165) is 4.47 Å². The molecular weight excluding hydrogens is 525 g/mol. The van der Waals surface area contributed by atoms with Crippen LogP contribution in [0.5, 0.6) is 11.5 Å². The van der Waals surface area contributed by atoms with Crippen LogP contribution in [0, 0.1) is 26.2 Å². The van der Waals surface area contributed by atoms with Crippen molar-refractivity contribution in [2.24, 2.45) is 0 Å². The van der Waals surface area contributed by atoms with E-state index in [1.165, 1.54) is 13.2 Å². The van der Waals surface area contributed by atoms with E-state index < -0.39 is 5.91 Å². The largest absolute Gasteiger partial charge is 0.493 e. The van der Waals surface area contributed by atoms with Crippen LogP contribution in [0.15, 0.2) is 46.4 Å². The summed E-state index contributed by atoms with van der Waals surface area (Å²) in [6, 6.07) is 14.3. The van der Waals surface area contributed by atoms with Gasteiger partial charge in [0.05, 0.1) is 10.7 Å². The smallest absolute Gasteiger partial charge is 0.266 e. The fraction of sp³-hybridized carbons (Fsp3) is 0.105. The Morgan fingerprint density at radius 1 is 1.33 bits per heavy atom. The fourth-order valence-corrected chi connectivity index (χ4v) is 3.33. The van der Waals surface area contributed by atoms with Crippen molar-refractivity contribution in [1.82, 2.24) is 0 Å².